The van der Waals surface area contributed by atoms with Gasteiger partial charge in [-0.3, -0.25) is 9.59 Å². The highest BCUT2D eigenvalue weighted by Crippen LogP contribution is 2.38. The fourth-order valence-electron chi connectivity index (χ4n) is 3.03. The van der Waals surface area contributed by atoms with Crippen molar-refractivity contribution in [3.05, 3.63) is 0 Å². The summed E-state index contributed by atoms with van der Waals surface area (Å²) in [4.78, 5) is 26.5. The minimum absolute atomic E-state index is 0.118. The van der Waals surface area contributed by atoms with Crippen LogP contribution in [-0.4, -0.2) is 49.1 Å². The molecule has 114 valence electrons. The molecule has 2 aliphatic rings. The maximum absolute atomic E-state index is 13.0. The second kappa shape index (κ2) is 6.57. The third-order valence-electron chi connectivity index (χ3n) is 4.54. The second-order valence-electron chi connectivity index (χ2n) is 5.85. The topological polar surface area (TPSA) is 58.6 Å². The number of hydrogen-bond acceptors (Lipinski definition) is 4. The van der Waals surface area contributed by atoms with Gasteiger partial charge in [-0.15, -0.1) is 0 Å². The van der Waals surface area contributed by atoms with E-state index in [0.717, 1.165) is 45.2 Å². The largest absolute Gasteiger partial charge is 0.465 e. The first-order chi connectivity index (χ1) is 9.63. The van der Waals surface area contributed by atoms with Gasteiger partial charge in [0.25, 0.3) is 0 Å². The second-order valence-corrected chi connectivity index (χ2v) is 5.85. The normalized spacial score (nSPS) is 21.3. The van der Waals surface area contributed by atoms with Crippen LogP contribution in [0.3, 0.4) is 0 Å². The van der Waals surface area contributed by atoms with Crippen LogP contribution in [0.2, 0.25) is 0 Å². The van der Waals surface area contributed by atoms with Crippen LogP contribution in [0.15, 0.2) is 0 Å². The van der Waals surface area contributed by atoms with E-state index >= 15 is 0 Å². The lowest BCUT2D eigenvalue weighted by Gasteiger charge is -2.39. The summed E-state index contributed by atoms with van der Waals surface area (Å²) in [6.45, 7) is 6.13. The van der Waals surface area contributed by atoms with Crippen LogP contribution < -0.4 is 5.32 Å². The molecule has 5 heteroatoms. The van der Waals surface area contributed by atoms with Gasteiger partial charge in [0.1, 0.15) is 6.54 Å². The Morgan fingerprint density at radius 1 is 1.25 bits per heavy atom. The number of carbonyl (C=O) groups is 2. The number of carbonyl (C=O) groups excluding carboxylic acids is 2. The molecule has 0 aromatic heterocycles. The summed E-state index contributed by atoms with van der Waals surface area (Å²) in [5.41, 5.74) is -0.277. The summed E-state index contributed by atoms with van der Waals surface area (Å²) in [5.74, 6) is -0.120. The summed E-state index contributed by atoms with van der Waals surface area (Å²) in [5, 5.41) is 3.31. The molecule has 20 heavy (non-hydrogen) atoms. The van der Waals surface area contributed by atoms with Crippen LogP contribution in [0.1, 0.15) is 46.0 Å². The SMILES string of the molecule is CCOC(=O)CN(C(=O)C1(CC)CCNCC1)C1CC1. The average Bonchev–Trinajstić information content (AvgIpc) is 3.29. The zero-order valence-corrected chi connectivity index (χ0v) is 12.6. The number of piperidine rings is 1. The van der Waals surface area contributed by atoms with Crippen molar-refractivity contribution in [1.82, 2.24) is 10.2 Å². The van der Waals surface area contributed by atoms with Gasteiger partial charge in [-0.2, -0.15) is 0 Å². The molecule has 0 spiro atoms. The van der Waals surface area contributed by atoms with Crippen LogP contribution in [0.5, 0.6) is 0 Å². The van der Waals surface area contributed by atoms with Crippen LogP contribution >= 0.6 is 0 Å². The number of nitrogens with one attached hydrogen (secondary N) is 1. The number of esters is 1. The molecular weight excluding hydrogens is 256 g/mol. The van der Waals surface area contributed by atoms with Gasteiger partial charge in [0.05, 0.1) is 12.0 Å². The molecule has 1 saturated carbocycles. The Morgan fingerprint density at radius 2 is 1.90 bits per heavy atom. The monoisotopic (exact) mass is 282 g/mol. The molecule has 1 aliphatic heterocycles. The molecule has 0 bridgehead atoms. The lowest BCUT2D eigenvalue weighted by Crippen LogP contribution is -2.51. The Morgan fingerprint density at radius 3 is 2.40 bits per heavy atom. The molecule has 1 aliphatic carbocycles. The molecule has 1 N–H and O–H groups in total. The number of hydrogen-bond donors (Lipinski definition) is 1. The highest BCUT2D eigenvalue weighted by molar-refractivity contribution is 5.87. The zero-order valence-electron chi connectivity index (χ0n) is 12.6. The van der Waals surface area contributed by atoms with Crippen LogP contribution in [0, 0.1) is 5.41 Å². The van der Waals surface area contributed by atoms with Crippen molar-refractivity contribution in [3.63, 3.8) is 0 Å². The molecule has 0 atom stereocenters. The quantitative estimate of drug-likeness (QED) is 0.747. The predicted molar refractivity (Wildman–Crippen MR) is 76.2 cm³/mol. The van der Waals surface area contributed by atoms with Crippen LogP contribution in [0.4, 0.5) is 0 Å². The molecule has 0 aromatic carbocycles. The Hall–Kier alpha value is -1.10. The number of amides is 1. The molecule has 2 fully saturated rings. The lowest BCUT2D eigenvalue weighted by atomic mass is 9.75. The average molecular weight is 282 g/mol. The molecule has 0 aromatic rings. The minimum Gasteiger partial charge on any atom is -0.465 e. The minimum atomic E-state index is -0.284. The van der Waals surface area contributed by atoms with Gasteiger partial charge in [0, 0.05) is 6.04 Å². The lowest BCUT2D eigenvalue weighted by molar-refractivity contribution is -0.154. The van der Waals surface area contributed by atoms with Crippen molar-refractivity contribution in [2.24, 2.45) is 5.41 Å². The standard InChI is InChI=1S/C15H26N2O3/c1-3-15(7-9-16-10-8-15)14(19)17(12-5-6-12)11-13(18)20-4-2/h12,16H,3-11H2,1-2H3. The van der Waals surface area contributed by atoms with E-state index in [2.05, 4.69) is 12.2 Å². The van der Waals surface area contributed by atoms with Crippen molar-refractivity contribution in [2.45, 2.75) is 52.0 Å². The van der Waals surface area contributed by atoms with E-state index in [1.54, 1.807) is 11.8 Å². The highest BCUT2D eigenvalue weighted by Gasteiger charge is 2.45. The summed E-state index contributed by atoms with van der Waals surface area (Å²) >= 11 is 0. The predicted octanol–water partition coefficient (Wildman–Crippen LogP) is 1.32. The van der Waals surface area contributed by atoms with E-state index in [-0.39, 0.29) is 29.9 Å². The van der Waals surface area contributed by atoms with Gasteiger partial charge in [-0.1, -0.05) is 6.92 Å². The van der Waals surface area contributed by atoms with E-state index in [0.29, 0.717) is 6.61 Å². The van der Waals surface area contributed by atoms with Gasteiger partial charge in [-0.05, 0) is 52.1 Å². The Balaban J connectivity index is 2.07. The van der Waals surface area contributed by atoms with Crippen molar-refractivity contribution in [2.75, 3.05) is 26.2 Å². The smallest absolute Gasteiger partial charge is 0.325 e. The molecule has 1 saturated heterocycles. The van der Waals surface area contributed by atoms with Crippen molar-refractivity contribution >= 4 is 11.9 Å². The van der Waals surface area contributed by atoms with E-state index in [1.807, 2.05) is 0 Å². The maximum atomic E-state index is 13.0. The summed E-state index contributed by atoms with van der Waals surface area (Å²) in [7, 11) is 0. The van der Waals surface area contributed by atoms with Crippen LogP contribution in [0.25, 0.3) is 0 Å². The molecule has 1 heterocycles. The molecule has 2 rings (SSSR count). The van der Waals surface area contributed by atoms with Gasteiger partial charge in [-0.25, -0.2) is 0 Å². The van der Waals surface area contributed by atoms with E-state index in [4.69, 9.17) is 4.74 Å². The number of rotatable bonds is 6. The highest BCUT2D eigenvalue weighted by atomic mass is 16.5. The van der Waals surface area contributed by atoms with E-state index in [9.17, 15) is 9.59 Å². The van der Waals surface area contributed by atoms with Crippen LogP contribution in [-0.2, 0) is 14.3 Å². The van der Waals surface area contributed by atoms with E-state index in [1.165, 1.54) is 0 Å². The summed E-state index contributed by atoms with van der Waals surface area (Å²) in [6.07, 6.45) is 4.62. The van der Waals surface area contributed by atoms with Gasteiger partial charge in [0.15, 0.2) is 0 Å². The zero-order chi connectivity index (χ0) is 14.6. The van der Waals surface area contributed by atoms with Crippen molar-refractivity contribution < 1.29 is 14.3 Å². The Labute approximate surface area is 121 Å². The molecule has 0 unspecified atom stereocenters. The maximum Gasteiger partial charge on any atom is 0.325 e. The van der Waals surface area contributed by atoms with E-state index < -0.39 is 0 Å². The molecular formula is C15H26N2O3. The number of nitrogens with zero attached hydrogens (tertiary/aromatic N) is 1. The first-order valence-corrected chi connectivity index (χ1v) is 7.80. The Bertz CT molecular complexity index is 360. The van der Waals surface area contributed by atoms with Gasteiger partial charge in [0.2, 0.25) is 5.91 Å². The first-order valence-electron chi connectivity index (χ1n) is 7.80. The fourth-order valence-corrected chi connectivity index (χ4v) is 3.03. The Kier molecular flexibility index (Phi) is 5.02. The summed E-state index contributed by atoms with van der Waals surface area (Å²) < 4.78 is 5.01. The third-order valence-corrected chi connectivity index (χ3v) is 4.54. The van der Waals surface area contributed by atoms with Gasteiger partial charge >= 0.3 is 5.97 Å². The summed E-state index contributed by atoms with van der Waals surface area (Å²) in [6, 6.07) is 0.255. The number of ether oxygens (including phenoxy) is 1. The van der Waals surface area contributed by atoms with Gasteiger partial charge < -0.3 is 15.0 Å². The molecule has 0 radical (unpaired) electrons. The fraction of sp³-hybridized carbons (Fsp3) is 0.867. The first kappa shape index (κ1) is 15.3. The van der Waals surface area contributed by atoms with Crippen molar-refractivity contribution in [3.8, 4) is 0 Å². The van der Waals surface area contributed by atoms with Crippen molar-refractivity contribution in [1.29, 1.82) is 0 Å². The molecule has 5 nitrogen and oxygen atoms in total. The third kappa shape index (κ3) is 3.32. The molecule has 1 amide bonds.